The summed E-state index contributed by atoms with van der Waals surface area (Å²) < 4.78 is 5.60. The molecular weight excluding hydrogens is 544 g/mol. The van der Waals surface area contributed by atoms with Gasteiger partial charge >= 0.3 is 0 Å². The van der Waals surface area contributed by atoms with Crippen molar-refractivity contribution in [3.05, 3.63) is 45.4 Å². The Balaban J connectivity index is 1.65. The van der Waals surface area contributed by atoms with Crippen LogP contribution in [0.15, 0.2) is 28.7 Å². The Kier molecular flexibility index (Phi) is 7.63. The van der Waals surface area contributed by atoms with Gasteiger partial charge in [0.05, 0.1) is 18.2 Å². The average molecular weight is 585 g/mol. The molecule has 1 aromatic rings. The molecule has 5 atom stereocenters. The number of primary amides is 1. The second-order valence-electron chi connectivity index (χ2n) is 12.2. The molecule has 1 aliphatic heterocycles. The molecule has 42 heavy (non-hydrogen) atoms. The Morgan fingerprint density at radius 2 is 1.86 bits per heavy atom. The molecule has 3 aliphatic carbocycles. The zero-order chi connectivity index (χ0) is 30.8. The van der Waals surface area contributed by atoms with Gasteiger partial charge in [0.2, 0.25) is 5.78 Å². The summed E-state index contributed by atoms with van der Waals surface area (Å²) in [5.74, 6) is -6.59. The van der Waals surface area contributed by atoms with E-state index < -0.39 is 58.0 Å². The van der Waals surface area contributed by atoms with E-state index in [1.165, 1.54) is 0 Å². The van der Waals surface area contributed by atoms with Crippen molar-refractivity contribution >= 4 is 23.2 Å². The molecule has 12 nitrogen and oxygen atoms in total. The van der Waals surface area contributed by atoms with E-state index in [9.17, 15) is 34.8 Å². The number of fused-ring (bicyclic) bond motifs is 3. The summed E-state index contributed by atoms with van der Waals surface area (Å²) in [5.41, 5.74) is 4.01. The number of anilines is 1. The quantitative estimate of drug-likeness (QED) is 0.286. The molecule has 0 saturated carbocycles. The number of hydrogen-bond acceptors (Lipinski definition) is 11. The van der Waals surface area contributed by atoms with Crippen molar-refractivity contribution in [2.24, 2.45) is 17.6 Å². The van der Waals surface area contributed by atoms with Gasteiger partial charge in [-0.2, -0.15) is 0 Å². The summed E-state index contributed by atoms with van der Waals surface area (Å²) in [4.78, 5) is 45.4. The molecule has 228 valence electrons. The van der Waals surface area contributed by atoms with Gasteiger partial charge in [-0.1, -0.05) is 6.92 Å². The first-order chi connectivity index (χ1) is 19.7. The molecule has 5 rings (SSSR count). The summed E-state index contributed by atoms with van der Waals surface area (Å²) in [6, 6.07) is 0.781. The summed E-state index contributed by atoms with van der Waals surface area (Å²) >= 11 is 0. The number of aromatic hydroxyl groups is 1. The maximum Gasteiger partial charge on any atom is 0.255 e. The summed E-state index contributed by atoms with van der Waals surface area (Å²) in [7, 11) is 6.95. The van der Waals surface area contributed by atoms with Crippen molar-refractivity contribution in [2.75, 3.05) is 52.8 Å². The number of aliphatic hydroxyl groups excluding tert-OH is 2. The van der Waals surface area contributed by atoms with Gasteiger partial charge in [0.25, 0.3) is 5.91 Å². The molecule has 6 N–H and O–H groups in total. The number of phenolic OH excluding ortho intramolecular Hbond substituents is 1. The van der Waals surface area contributed by atoms with Crippen LogP contribution in [-0.2, 0) is 27.3 Å². The normalized spacial score (nSPS) is 29.2. The highest BCUT2D eigenvalue weighted by Gasteiger charge is 2.63. The highest BCUT2D eigenvalue weighted by molar-refractivity contribution is 6.24. The Hall–Kier alpha value is -3.45. The van der Waals surface area contributed by atoms with E-state index in [0.29, 0.717) is 25.3 Å². The van der Waals surface area contributed by atoms with Crippen LogP contribution in [0.1, 0.15) is 41.3 Å². The molecule has 0 unspecified atom stereocenters. The Morgan fingerprint density at radius 1 is 1.17 bits per heavy atom. The standard InChI is InChI=1S/C30H40N4O8/c1-6-34(16-7-8-42-13-16)12-15-11-19(35)21-17(23(15)32(2)3)9-14-10-18-24(33(4)5)26(37)22(29(31)40)28(39)30(18,41)27(38)20(14)25(21)36/h11,14,16,18,24,35,37-38,41H,6-10,12-13H2,1-5H3,(H2,31,40)/t14-,16+,18-,24-,30-/m0/s1. The second-order valence-corrected chi connectivity index (χ2v) is 12.2. The van der Waals surface area contributed by atoms with Gasteiger partial charge in [-0.15, -0.1) is 0 Å². The smallest absolute Gasteiger partial charge is 0.255 e. The van der Waals surface area contributed by atoms with Crippen LogP contribution in [-0.4, -0.2) is 113 Å². The monoisotopic (exact) mass is 584 g/mol. The number of hydrogen-bond donors (Lipinski definition) is 5. The number of carbonyl (C=O) groups excluding carboxylic acids is 3. The van der Waals surface area contributed by atoms with Crippen LogP contribution in [0.4, 0.5) is 5.69 Å². The molecule has 0 spiro atoms. The number of amides is 1. The third kappa shape index (κ3) is 4.31. The van der Waals surface area contributed by atoms with E-state index in [0.717, 1.165) is 24.2 Å². The Bertz CT molecular complexity index is 1410. The number of nitrogens with zero attached hydrogens (tertiary/aromatic N) is 3. The number of ketones is 2. The summed E-state index contributed by atoms with van der Waals surface area (Å²) in [6.07, 6.45) is 1.19. The van der Waals surface area contributed by atoms with Crippen LogP contribution in [0.25, 0.3) is 0 Å². The zero-order valence-corrected chi connectivity index (χ0v) is 24.7. The number of likely N-dealkylation sites (N-methyl/N-ethyl adjacent to an activating group) is 2. The lowest BCUT2D eigenvalue weighted by atomic mass is 9.58. The topological polar surface area (TPSA) is 177 Å². The van der Waals surface area contributed by atoms with Crippen LogP contribution in [0.5, 0.6) is 5.75 Å². The molecule has 1 saturated heterocycles. The number of ether oxygens (including phenoxy) is 1. The van der Waals surface area contributed by atoms with Crippen molar-refractivity contribution < 1.29 is 39.5 Å². The average Bonchev–Trinajstić information content (AvgIpc) is 3.43. The van der Waals surface area contributed by atoms with Crippen LogP contribution in [0.3, 0.4) is 0 Å². The molecule has 1 fully saturated rings. The Labute approximate surface area is 244 Å². The van der Waals surface area contributed by atoms with E-state index >= 15 is 0 Å². The van der Waals surface area contributed by atoms with Crippen molar-refractivity contribution in [1.29, 1.82) is 0 Å². The number of nitrogens with two attached hydrogens (primary N) is 1. The molecular formula is C30H40N4O8. The number of phenols is 1. The van der Waals surface area contributed by atoms with Gasteiger partial charge in [-0.05, 0) is 63.0 Å². The van der Waals surface area contributed by atoms with E-state index in [1.807, 2.05) is 19.0 Å². The molecule has 1 heterocycles. The number of benzene rings is 1. The molecule has 0 bridgehead atoms. The summed E-state index contributed by atoms with van der Waals surface area (Å²) in [5, 5.41) is 45.5. The molecule has 4 aliphatic rings. The zero-order valence-electron chi connectivity index (χ0n) is 24.7. The van der Waals surface area contributed by atoms with Gasteiger partial charge in [-0.25, -0.2) is 0 Å². The minimum absolute atomic E-state index is 0.00970. The first kappa shape index (κ1) is 30.0. The van der Waals surface area contributed by atoms with Gasteiger partial charge in [0, 0.05) is 50.5 Å². The van der Waals surface area contributed by atoms with Crippen molar-refractivity contribution in [3.8, 4) is 5.75 Å². The largest absolute Gasteiger partial charge is 0.510 e. The van der Waals surface area contributed by atoms with E-state index in [-0.39, 0.29) is 35.8 Å². The van der Waals surface area contributed by atoms with Crippen LogP contribution < -0.4 is 10.6 Å². The predicted octanol–water partition coefficient (Wildman–Crippen LogP) is 0.797. The van der Waals surface area contributed by atoms with Crippen molar-refractivity contribution in [1.82, 2.24) is 9.80 Å². The fourth-order valence-corrected chi connectivity index (χ4v) is 7.58. The number of Topliss-reactive ketones (excluding diaryl/α,β-unsaturated/α-hetero) is 2. The third-order valence-corrected chi connectivity index (χ3v) is 9.42. The fourth-order valence-electron chi connectivity index (χ4n) is 7.58. The lowest BCUT2D eigenvalue weighted by molar-refractivity contribution is -0.148. The lowest BCUT2D eigenvalue weighted by Crippen LogP contribution is -2.63. The molecule has 0 radical (unpaired) electrons. The third-order valence-electron chi connectivity index (χ3n) is 9.42. The Morgan fingerprint density at radius 3 is 2.40 bits per heavy atom. The number of rotatable bonds is 7. The summed E-state index contributed by atoms with van der Waals surface area (Å²) in [6.45, 7) is 4.69. The first-order valence-corrected chi connectivity index (χ1v) is 14.3. The van der Waals surface area contributed by atoms with E-state index in [1.54, 1.807) is 25.1 Å². The number of allylic oxidation sites excluding steroid dienone is 1. The van der Waals surface area contributed by atoms with Gasteiger partial charge in [0.1, 0.15) is 22.8 Å². The van der Waals surface area contributed by atoms with Gasteiger partial charge < -0.3 is 35.8 Å². The van der Waals surface area contributed by atoms with Crippen molar-refractivity contribution in [3.63, 3.8) is 0 Å². The van der Waals surface area contributed by atoms with Crippen LogP contribution >= 0.6 is 0 Å². The first-order valence-electron chi connectivity index (χ1n) is 14.3. The highest BCUT2D eigenvalue weighted by Crippen LogP contribution is 2.53. The van der Waals surface area contributed by atoms with Gasteiger partial charge in [-0.3, -0.25) is 24.2 Å². The number of carbonyl (C=O) groups is 3. The second kappa shape index (κ2) is 10.7. The number of aliphatic hydroxyl groups is 3. The van der Waals surface area contributed by atoms with Crippen molar-refractivity contribution in [2.45, 2.75) is 50.4 Å². The molecule has 1 aromatic carbocycles. The molecule has 12 heteroatoms. The van der Waals surface area contributed by atoms with Crippen LogP contribution in [0.2, 0.25) is 0 Å². The van der Waals surface area contributed by atoms with E-state index in [4.69, 9.17) is 10.5 Å². The van der Waals surface area contributed by atoms with Gasteiger partial charge in [0.15, 0.2) is 11.4 Å². The minimum Gasteiger partial charge on any atom is -0.510 e. The minimum atomic E-state index is -2.66. The maximum atomic E-state index is 14.1. The molecule has 0 aromatic heterocycles. The predicted molar refractivity (Wildman–Crippen MR) is 153 cm³/mol. The van der Waals surface area contributed by atoms with Crippen LogP contribution in [0, 0.1) is 11.8 Å². The molecule has 1 amide bonds. The lowest BCUT2D eigenvalue weighted by Gasteiger charge is -2.50. The highest BCUT2D eigenvalue weighted by atomic mass is 16.5. The fraction of sp³-hybridized carbons (Fsp3) is 0.567. The van der Waals surface area contributed by atoms with E-state index in [2.05, 4.69) is 11.8 Å². The SMILES string of the molecule is CCN(Cc1cc(O)c2c(c1N(C)C)C[C@H]1C[C@H]3[C@H](N(C)C)C(O)=C(C(N)=O)C(=O)[C@@]3(O)C(O)=C1C2=O)[C@@H]1CCOC1. The maximum absolute atomic E-state index is 14.1.